The van der Waals surface area contributed by atoms with E-state index in [1.165, 1.54) is 6.92 Å². The zero-order valence-electron chi connectivity index (χ0n) is 7.50. The molecule has 0 unspecified atom stereocenters. The molecule has 13 heavy (non-hydrogen) atoms. The van der Waals surface area contributed by atoms with Gasteiger partial charge in [-0.2, -0.15) is 0 Å². The first kappa shape index (κ1) is 9.38. The molecule has 1 aromatic rings. The van der Waals surface area contributed by atoms with Crippen molar-refractivity contribution in [2.24, 2.45) is 0 Å². The summed E-state index contributed by atoms with van der Waals surface area (Å²) in [5.41, 5.74) is 1.15. The van der Waals surface area contributed by atoms with Crippen LogP contribution in [-0.2, 0) is 4.79 Å². The molecule has 0 fully saturated rings. The molecule has 0 bridgehead atoms. The normalized spacial score (nSPS) is 9.38. The van der Waals surface area contributed by atoms with Gasteiger partial charge in [-0.1, -0.05) is 6.07 Å². The van der Waals surface area contributed by atoms with Crippen molar-refractivity contribution in [3.8, 4) is 0 Å². The highest BCUT2D eigenvalue weighted by atomic mass is 16.1. The number of amides is 1. The molecule has 68 valence electrons. The third-order valence-corrected chi connectivity index (χ3v) is 1.55. The highest BCUT2D eigenvalue weighted by molar-refractivity contribution is 5.88. The number of nitrogens with zero attached hydrogens (tertiary/aromatic N) is 1. The Kier molecular flexibility index (Phi) is 2.74. The Labute approximate surface area is 76.0 Å². The van der Waals surface area contributed by atoms with Crippen molar-refractivity contribution < 1.29 is 9.59 Å². The van der Waals surface area contributed by atoms with Crippen LogP contribution in [0.2, 0.25) is 0 Å². The molecule has 1 rings (SSSR count). The van der Waals surface area contributed by atoms with E-state index in [1.807, 2.05) is 0 Å². The van der Waals surface area contributed by atoms with Crippen molar-refractivity contribution in [3.63, 3.8) is 0 Å². The second-order valence-electron chi connectivity index (χ2n) is 2.70. The fraction of sp³-hybridized carbons (Fsp3) is 0.222. The third kappa shape index (κ3) is 2.37. The standard InChI is InChI=1S/C9H10N2O2/c1-6-3-4-9(10-7(2)13)11-8(6)5-12/h3-5H,1-2H3,(H,10,11,13). The Hall–Kier alpha value is -1.71. The molecule has 0 aliphatic carbocycles. The molecule has 4 heteroatoms. The van der Waals surface area contributed by atoms with Crippen LogP contribution in [0.25, 0.3) is 0 Å². The van der Waals surface area contributed by atoms with Crippen molar-refractivity contribution in [3.05, 3.63) is 23.4 Å². The molecule has 1 aromatic heterocycles. The maximum absolute atomic E-state index is 10.7. The van der Waals surface area contributed by atoms with Gasteiger partial charge in [-0.15, -0.1) is 0 Å². The van der Waals surface area contributed by atoms with E-state index in [1.54, 1.807) is 19.1 Å². The van der Waals surface area contributed by atoms with Crippen molar-refractivity contribution in [1.29, 1.82) is 0 Å². The van der Waals surface area contributed by atoms with E-state index in [9.17, 15) is 9.59 Å². The lowest BCUT2D eigenvalue weighted by Gasteiger charge is -2.02. The Morgan fingerprint density at radius 1 is 1.54 bits per heavy atom. The Bertz CT molecular complexity index is 347. The van der Waals surface area contributed by atoms with Gasteiger partial charge in [0.25, 0.3) is 0 Å². The summed E-state index contributed by atoms with van der Waals surface area (Å²) in [4.78, 5) is 25.1. The maximum Gasteiger partial charge on any atom is 0.222 e. The minimum atomic E-state index is -0.201. The largest absolute Gasteiger partial charge is 0.311 e. The van der Waals surface area contributed by atoms with Gasteiger partial charge in [-0.3, -0.25) is 9.59 Å². The number of aromatic nitrogens is 1. The predicted molar refractivity (Wildman–Crippen MR) is 48.7 cm³/mol. The number of hydrogen-bond acceptors (Lipinski definition) is 3. The second kappa shape index (κ2) is 3.80. The topological polar surface area (TPSA) is 59.1 Å². The van der Waals surface area contributed by atoms with Crippen LogP contribution in [0.3, 0.4) is 0 Å². The van der Waals surface area contributed by atoms with Gasteiger partial charge in [0.05, 0.1) is 0 Å². The van der Waals surface area contributed by atoms with Crippen molar-refractivity contribution in [2.45, 2.75) is 13.8 Å². The van der Waals surface area contributed by atoms with E-state index in [4.69, 9.17) is 0 Å². The highest BCUT2D eigenvalue weighted by Crippen LogP contribution is 2.08. The van der Waals surface area contributed by atoms with Crippen molar-refractivity contribution >= 4 is 18.0 Å². The Morgan fingerprint density at radius 2 is 2.23 bits per heavy atom. The monoisotopic (exact) mass is 178 g/mol. The number of aryl methyl sites for hydroxylation is 1. The van der Waals surface area contributed by atoms with E-state index in [-0.39, 0.29) is 5.91 Å². The van der Waals surface area contributed by atoms with Crippen LogP contribution >= 0.6 is 0 Å². The summed E-state index contributed by atoms with van der Waals surface area (Å²) in [6.45, 7) is 3.18. The molecule has 1 heterocycles. The van der Waals surface area contributed by atoms with E-state index < -0.39 is 0 Å². The number of carbonyl (C=O) groups excluding carboxylic acids is 2. The maximum atomic E-state index is 10.7. The van der Waals surface area contributed by atoms with Gasteiger partial charge in [0, 0.05) is 6.92 Å². The quantitative estimate of drug-likeness (QED) is 0.691. The second-order valence-corrected chi connectivity index (χ2v) is 2.70. The summed E-state index contributed by atoms with van der Waals surface area (Å²) in [6, 6.07) is 3.39. The number of carbonyl (C=O) groups is 2. The summed E-state index contributed by atoms with van der Waals surface area (Å²) in [5.74, 6) is 0.202. The van der Waals surface area contributed by atoms with E-state index in [2.05, 4.69) is 10.3 Å². The Morgan fingerprint density at radius 3 is 2.77 bits per heavy atom. The number of pyridine rings is 1. The first-order chi connectivity index (χ1) is 6.13. The van der Waals surface area contributed by atoms with Gasteiger partial charge in [-0.05, 0) is 18.6 Å². The van der Waals surface area contributed by atoms with Gasteiger partial charge in [0.15, 0.2) is 6.29 Å². The van der Waals surface area contributed by atoms with Gasteiger partial charge in [-0.25, -0.2) is 4.98 Å². The van der Waals surface area contributed by atoms with Gasteiger partial charge >= 0.3 is 0 Å². The molecule has 0 aliphatic rings. The molecule has 0 atom stereocenters. The molecule has 0 aromatic carbocycles. The zero-order valence-corrected chi connectivity index (χ0v) is 7.50. The first-order valence-electron chi connectivity index (χ1n) is 3.84. The lowest BCUT2D eigenvalue weighted by atomic mass is 10.2. The molecule has 1 N–H and O–H groups in total. The molecular formula is C9H10N2O2. The molecule has 1 amide bonds. The summed E-state index contributed by atoms with van der Waals surface area (Å²) >= 11 is 0. The van der Waals surface area contributed by atoms with Gasteiger partial charge in [0.1, 0.15) is 11.5 Å². The molecule has 4 nitrogen and oxygen atoms in total. The fourth-order valence-corrected chi connectivity index (χ4v) is 0.914. The average molecular weight is 178 g/mol. The minimum absolute atomic E-state index is 0.201. The molecular weight excluding hydrogens is 168 g/mol. The van der Waals surface area contributed by atoms with E-state index in [0.717, 1.165) is 5.56 Å². The molecule has 0 aliphatic heterocycles. The molecule has 0 saturated heterocycles. The highest BCUT2D eigenvalue weighted by Gasteiger charge is 2.01. The van der Waals surface area contributed by atoms with Crippen LogP contribution in [0.1, 0.15) is 23.0 Å². The van der Waals surface area contributed by atoms with Crippen LogP contribution < -0.4 is 5.32 Å². The van der Waals surface area contributed by atoms with Crippen molar-refractivity contribution in [2.75, 3.05) is 5.32 Å². The number of anilines is 1. The van der Waals surface area contributed by atoms with Crippen LogP contribution in [0, 0.1) is 6.92 Å². The summed E-state index contributed by atoms with van der Waals surface area (Å²) < 4.78 is 0. The number of aldehydes is 1. The SMILES string of the molecule is CC(=O)Nc1ccc(C)c(C=O)n1. The van der Waals surface area contributed by atoms with E-state index >= 15 is 0 Å². The number of rotatable bonds is 2. The zero-order chi connectivity index (χ0) is 9.84. The lowest BCUT2D eigenvalue weighted by Crippen LogP contribution is -2.08. The molecule has 0 spiro atoms. The van der Waals surface area contributed by atoms with Crippen LogP contribution in [0.5, 0.6) is 0 Å². The van der Waals surface area contributed by atoms with E-state index in [0.29, 0.717) is 17.8 Å². The predicted octanol–water partition coefficient (Wildman–Crippen LogP) is 1.16. The van der Waals surface area contributed by atoms with Gasteiger partial charge in [0.2, 0.25) is 5.91 Å². The lowest BCUT2D eigenvalue weighted by molar-refractivity contribution is -0.114. The number of nitrogens with one attached hydrogen (secondary N) is 1. The summed E-state index contributed by atoms with van der Waals surface area (Å²) in [6.07, 6.45) is 0.667. The summed E-state index contributed by atoms with van der Waals surface area (Å²) in [7, 11) is 0. The minimum Gasteiger partial charge on any atom is -0.311 e. The Balaban J connectivity index is 2.99. The molecule has 0 saturated carbocycles. The average Bonchev–Trinajstić information content (AvgIpc) is 2.07. The summed E-state index contributed by atoms with van der Waals surface area (Å²) in [5, 5.41) is 2.50. The van der Waals surface area contributed by atoms with Crippen molar-refractivity contribution in [1.82, 2.24) is 4.98 Å². The van der Waals surface area contributed by atoms with Crippen LogP contribution in [0.4, 0.5) is 5.82 Å². The van der Waals surface area contributed by atoms with Crippen LogP contribution in [-0.4, -0.2) is 17.2 Å². The van der Waals surface area contributed by atoms with Crippen LogP contribution in [0.15, 0.2) is 12.1 Å². The van der Waals surface area contributed by atoms with Gasteiger partial charge < -0.3 is 5.32 Å². The fourth-order valence-electron chi connectivity index (χ4n) is 0.914. The first-order valence-corrected chi connectivity index (χ1v) is 3.84. The number of hydrogen-bond donors (Lipinski definition) is 1. The smallest absolute Gasteiger partial charge is 0.222 e. The third-order valence-electron chi connectivity index (χ3n) is 1.55. The molecule has 0 radical (unpaired) electrons.